The Morgan fingerprint density at radius 1 is 1.05 bits per heavy atom. The number of carbonyl (C=O) groups is 2. The lowest BCUT2D eigenvalue weighted by Crippen LogP contribution is -2.59. The summed E-state index contributed by atoms with van der Waals surface area (Å²) >= 11 is 0. The first-order chi connectivity index (χ1) is 17.9. The van der Waals surface area contributed by atoms with Crippen LogP contribution in [0.1, 0.15) is 75.2 Å². The lowest BCUT2D eigenvalue weighted by atomic mass is 9.80. The zero-order chi connectivity index (χ0) is 25.9. The van der Waals surface area contributed by atoms with Crippen LogP contribution in [0.15, 0.2) is 28.8 Å². The summed E-state index contributed by atoms with van der Waals surface area (Å²) in [6.45, 7) is 3.51. The molecule has 3 atom stereocenters. The van der Waals surface area contributed by atoms with Gasteiger partial charge in [-0.25, -0.2) is 8.78 Å². The van der Waals surface area contributed by atoms with Crippen LogP contribution in [-0.2, 0) is 4.79 Å². The third-order valence-corrected chi connectivity index (χ3v) is 8.55. The molecule has 1 aromatic heterocycles. The molecule has 2 amide bonds. The zero-order valence-electron chi connectivity index (χ0n) is 21.3. The predicted molar refractivity (Wildman–Crippen MR) is 135 cm³/mol. The van der Waals surface area contributed by atoms with Gasteiger partial charge in [-0.3, -0.25) is 14.5 Å². The average molecular weight is 515 g/mol. The van der Waals surface area contributed by atoms with Gasteiger partial charge in [0.1, 0.15) is 11.6 Å². The number of rotatable bonds is 7. The molecular formula is C28H36F2N4O3. The van der Waals surface area contributed by atoms with Gasteiger partial charge in [0.05, 0.1) is 11.5 Å². The van der Waals surface area contributed by atoms with E-state index < -0.39 is 17.5 Å². The van der Waals surface area contributed by atoms with E-state index in [1.165, 1.54) is 37.8 Å². The number of aromatic nitrogens is 1. The standard InChI is InChI=1S/C28H36F2N4O3/c1-17(18-6-5-7-18)31-27(35)22-16-34(20-8-3-2-4-9-20)13-12-24(22)32-28(36)25-15-26(37-33-25)21-11-10-19(29)14-23(21)30/h10-11,14-15,17-18,20,22,24H,2-9,12-13,16H2,1H3,(H,31,35)(H,32,36)/t17?,22-,24-/m1/s1. The fraction of sp³-hybridized carbons (Fsp3) is 0.607. The highest BCUT2D eigenvalue weighted by atomic mass is 19.1. The lowest BCUT2D eigenvalue weighted by molar-refractivity contribution is -0.129. The van der Waals surface area contributed by atoms with Gasteiger partial charge in [0.25, 0.3) is 5.91 Å². The molecule has 0 radical (unpaired) electrons. The van der Waals surface area contributed by atoms with Crippen LogP contribution in [-0.4, -0.2) is 53.1 Å². The van der Waals surface area contributed by atoms with Crippen molar-refractivity contribution in [3.05, 3.63) is 41.6 Å². The van der Waals surface area contributed by atoms with Crippen LogP contribution >= 0.6 is 0 Å². The van der Waals surface area contributed by atoms with E-state index in [0.717, 1.165) is 44.4 Å². The Bertz CT molecular complexity index is 1110. The van der Waals surface area contributed by atoms with E-state index in [-0.39, 0.29) is 40.9 Å². The van der Waals surface area contributed by atoms with Gasteiger partial charge in [-0.15, -0.1) is 0 Å². The maximum Gasteiger partial charge on any atom is 0.273 e. The SMILES string of the molecule is CC(NC(=O)[C@@H]1CN(C2CCCCC2)CC[C@H]1NC(=O)c1cc(-c2ccc(F)cc2F)on1)C1CCC1. The molecule has 2 aromatic rings. The van der Waals surface area contributed by atoms with Gasteiger partial charge in [0.15, 0.2) is 11.5 Å². The molecule has 2 aliphatic carbocycles. The van der Waals surface area contributed by atoms with Crippen LogP contribution in [0.25, 0.3) is 11.3 Å². The maximum atomic E-state index is 14.2. The molecule has 1 unspecified atom stereocenters. The third-order valence-electron chi connectivity index (χ3n) is 8.55. The second-order valence-corrected chi connectivity index (χ2v) is 11.0. The summed E-state index contributed by atoms with van der Waals surface area (Å²) in [6.07, 6.45) is 10.2. The zero-order valence-corrected chi connectivity index (χ0v) is 21.3. The van der Waals surface area contributed by atoms with E-state index in [1.54, 1.807) is 0 Å². The van der Waals surface area contributed by atoms with Crippen molar-refractivity contribution in [1.82, 2.24) is 20.7 Å². The van der Waals surface area contributed by atoms with E-state index in [1.807, 2.05) is 0 Å². The Balaban J connectivity index is 1.28. The molecular weight excluding hydrogens is 478 g/mol. The molecule has 9 heteroatoms. The van der Waals surface area contributed by atoms with Crippen LogP contribution in [0.2, 0.25) is 0 Å². The molecule has 0 spiro atoms. The number of nitrogens with zero attached hydrogens (tertiary/aromatic N) is 2. The summed E-state index contributed by atoms with van der Waals surface area (Å²) in [5, 5.41) is 10.0. The van der Waals surface area contributed by atoms with E-state index in [0.29, 0.717) is 24.9 Å². The number of hydrogen-bond acceptors (Lipinski definition) is 5. The van der Waals surface area contributed by atoms with Crippen molar-refractivity contribution in [2.24, 2.45) is 11.8 Å². The van der Waals surface area contributed by atoms with E-state index in [9.17, 15) is 18.4 Å². The topological polar surface area (TPSA) is 87.5 Å². The number of nitrogens with one attached hydrogen (secondary N) is 2. The monoisotopic (exact) mass is 514 g/mol. The van der Waals surface area contributed by atoms with Gasteiger partial charge in [-0.2, -0.15) is 0 Å². The summed E-state index contributed by atoms with van der Waals surface area (Å²) in [7, 11) is 0. The number of carbonyl (C=O) groups excluding carboxylic acids is 2. The average Bonchev–Trinajstić information content (AvgIpc) is 3.34. The van der Waals surface area contributed by atoms with Crippen LogP contribution in [0, 0.1) is 23.5 Å². The maximum absolute atomic E-state index is 14.2. The second kappa shape index (κ2) is 11.3. The summed E-state index contributed by atoms with van der Waals surface area (Å²) in [5.41, 5.74) is 0.0198. The number of hydrogen-bond donors (Lipinski definition) is 2. The highest BCUT2D eigenvalue weighted by Crippen LogP contribution is 2.31. The summed E-state index contributed by atoms with van der Waals surface area (Å²) < 4.78 is 32.6. The summed E-state index contributed by atoms with van der Waals surface area (Å²) in [4.78, 5) is 29.0. The van der Waals surface area contributed by atoms with Gasteiger partial charge >= 0.3 is 0 Å². The first kappa shape index (κ1) is 25.8. The minimum atomic E-state index is -0.796. The van der Waals surface area contributed by atoms with Crippen molar-refractivity contribution in [2.45, 2.75) is 82.8 Å². The van der Waals surface area contributed by atoms with Crippen LogP contribution in [0.3, 0.4) is 0 Å². The number of piperidine rings is 1. The van der Waals surface area contributed by atoms with Crippen molar-refractivity contribution >= 4 is 11.8 Å². The van der Waals surface area contributed by atoms with Crippen molar-refractivity contribution in [3.8, 4) is 11.3 Å². The van der Waals surface area contributed by atoms with Crippen LogP contribution in [0.5, 0.6) is 0 Å². The van der Waals surface area contributed by atoms with Gasteiger partial charge in [0, 0.05) is 43.3 Å². The van der Waals surface area contributed by atoms with Gasteiger partial charge in [-0.05, 0) is 57.1 Å². The third kappa shape index (κ3) is 5.87. The second-order valence-electron chi connectivity index (χ2n) is 11.0. The molecule has 2 N–H and O–H groups in total. The van der Waals surface area contributed by atoms with Crippen molar-refractivity contribution < 1.29 is 22.9 Å². The van der Waals surface area contributed by atoms with Crippen LogP contribution in [0.4, 0.5) is 8.78 Å². The van der Waals surface area contributed by atoms with Crippen molar-refractivity contribution in [2.75, 3.05) is 13.1 Å². The molecule has 1 aliphatic heterocycles. The molecule has 7 nitrogen and oxygen atoms in total. The smallest absolute Gasteiger partial charge is 0.273 e. The molecule has 2 saturated carbocycles. The Morgan fingerprint density at radius 2 is 1.84 bits per heavy atom. The molecule has 1 aromatic carbocycles. The first-order valence-corrected chi connectivity index (χ1v) is 13.7. The van der Waals surface area contributed by atoms with Gasteiger partial charge < -0.3 is 15.2 Å². The van der Waals surface area contributed by atoms with E-state index in [4.69, 9.17) is 4.52 Å². The predicted octanol–water partition coefficient (Wildman–Crippen LogP) is 4.68. The molecule has 0 bridgehead atoms. The number of benzene rings is 1. The quantitative estimate of drug-likeness (QED) is 0.560. The Labute approximate surface area is 216 Å². The molecule has 200 valence electrons. The molecule has 37 heavy (non-hydrogen) atoms. The van der Waals surface area contributed by atoms with Gasteiger partial charge in [0.2, 0.25) is 5.91 Å². The summed E-state index contributed by atoms with van der Waals surface area (Å²) in [6, 6.07) is 4.73. The normalized spacial score (nSPS) is 24.3. The molecule has 3 aliphatic rings. The lowest BCUT2D eigenvalue weighted by Gasteiger charge is -2.43. The first-order valence-electron chi connectivity index (χ1n) is 13.7. The number of amides is 2. The van der Waals surface area contributed by atoms with E-state index >= 15 is 0 Å². The number of halogens is 2. The van der Waals surface area contributed by atoms with Crippen molar-refractivity contribution in [3.63, 3.8) is 0 Å². The van der Waals surface area contributed by atoms with Gasteiger partial charge in [-0.1, -0.05) is 30.8 Å². The molecule has 1 saturated heterocycles. The number of likely N-dealkylation sites (tertiary alicyclic amines) is 1. The Kier molecular flexibility index (Phi) is 7.88. The Morgan fingerprint density at radius 3 is 2.54 bits per heavy atom. The highest BCUT2D eigenvalue weighted by Gasteiger charge is 2.39. The van der Waals surface area contributed by atoms with E-state index in [2.05, 4.69) is 27.6 Å². The fourth-order valence-corrected chi connectivity index (χ4v) is 6.02. The Hall–Kier alpha value is -2.81. The molecule has 3 fully saturated rings. The largest absolute Gasteiger partial charge is 0.355 e. The van der Waals surface area contributed by atoms with Crippen LogP contribution < -0.4 is 10.6 Å². The highest BCUT2D eigenvalue weighted by molar-refractivity contribution is 5.94. The minimum Gasteiger partial charge on any atom is -0.355 e. The fourth-order valence-electron chi connectivity index (χ4n) is 6.02. The minimum absolute atomic E-state index is 0.00423. The van der Waals surface area contributed by atoms with Crippen molar-refractivity contribution in [1.29, 1.82) is 0 Å². The summed E-state index contributed by atoms with van der Waals surface area (Å²) in [5.74, 6) is -1.79. The molecule has 5 rings (SSSR count). The molecule has 2 heterocycles.